The molecule has 0 fully saturated rings. The summed E-state index contributed by atoms with van der Waals surface area (Å²) in [7, 11) is 0. The highest BCUT2D eigenvalue weighted by atomic mass is 16.6. The molecule has 0 aliphatic rings. The van der Waals surface area contributed by atoms with E-state index in [2.05, 4.69) is 203 Å². The van der Waals surface area contributed by atoms with E-state index in [1.54, 1.807) is 0 Å². The van der Waals surface area contributed by atoms with Crippen LogP contribution in [0.4, 0.5) is 0 Å². The van der Waals surface area contributed by atoms with Crippen LogP contribution < -0.4 is 0 Å². The highest BCUT2D eigenvalue weighted by molar-refractivity contribution is 5.71. The average molecular weight is 1110 g/mol. The molecule has 6 nitrogen and oxygen atoms in total. The quantitative estimate of drug-likeness (QED) is 0.0261. The van der Waals surface area contributed by atoms with Crippen LogP contribution >= 0.6 is 0 Å². The minimum Gasteiger partial charge on any atom is -0.462 e. The fourth-order valence-electron chi connectivity index (χ4n) is 8.10. The Morgan fingerprint density at radius 1 is 0.259 bits per heavy atom. The molecule has 0 rings (SSSR count). The van der Waals surface area contributed by atoms with Gasteiger partial charge in [-0.2, -0.15) is 0 Å². The van der Waals surface area contributed by atoms with Crippen LogP contribution in [0.15, 0.2) is 182 Å². The van der Waals surface area contributed by atoms with Gasteiger partial charge in [-0.1, -0.05) is 267 Å². The minimum atomic E-state index is -0.825. The Bertz CT molecular complexity index is 1900. The molecule has 1 atom stereocenters. The second kappa shape index (κ2) is 67.0. The highest BCUT2D eigenvalue weighted by Gasteiger charge is 2.19. The van der Waals surface area contributed by atoms with Gasteiger partial charge >= 0.3 is 17.9 Å². The number of ether oxygens (including phenoxy) is 3. The van der Waals surface area contributed by atoms with E-state index in [-0.39, 0.29) is 37.5 Å². The van der Waals surface area contributed by atoms with E-state index in [0.717, 1.165) is 161 Å². The fourth-order valence-corrected chi connectivity index (χ4v) is 8.10. The Labute approximate surface area is 497 Å². The molecule has 0 aromatic carbocycles. The lowest BCUT2D eigenvalue weighted by atomic mass is 10.1. The third kappa shape index (κ3) is 65.2. The van der Waals surface area contributed by atoms with Gasteiger partial charge in [-0.25, -0.2) is 0 Å². The number of hydrogen-bond donors (Lipinski definition) is 0. The Hall–Kier alpha value is -5.49. The Kier molecular flexibility index (Phi) is 62.5. The van der Waals surface area contributed by atoms with Gasteiger partial charge in [0.1, 0.15) is 13.2 Å². The Balaban J connectivity index is 4.33. The molecule has 0 radical (unpaired) electrons. The molecule has 0 N–H and O–H groups in total. The first-order valence-electron chi connectivity index (χ1n) is 32.3. The lowest BCUT2D eigenvalue weighted by Crippen LogP contribution is -2.30. The standard InChI is InChI=1S/C75H116O6/c1-4-7-10-13-16-19-22-24-26-28-29-30-31-32-33-34-35-36-37-38-39-40-41-42-43-44-45-47-48-50-53-56-59-62-65-68-74(77)80-71-72(70-79-73(76)67-64-61-58-55-52-21-18-15-12-9-6-3)81-75(78)69-66-63-60-57-54-51-49-46-27-25-23-20-17-14-11-8-5-2/h7-8,10-11,15-20,24-27,29-30,32-33,35-36,38-39,41-42,44-45,49,51,57,60,72H,4-6,9,12-14,21-23,28,31,34,37,40,43,46-48,50,52-56,58-59,61-71H2,1-3H3/b10-7-,11-8-,18-15-,19-16-,20-17-,26-24-,27-25-,30-29-,33-32-,36-35-,39-38-,42-41-,45-44-,51-49-,60-57-. The molecule has 0 saturated heterocycles. The van der Waals surface area contributed by atoms with E-state index in [4.69, 9.17) is 14.2 Å². The zero-order valence-electron chi connectivity index (χ0n) is 51.7. The van der Waals surface area contributed by atoms with Crippen LogP contribution in [-0.4, -0.2) is 37.2 Å². The van der Waals surface area contributed by atoms with Crippen LogP contribution in [0.2, 0.25) is 0 Å². The van der Waals surface area contributed by atoms with E-state index < -0.39 is 6.10 Å². The molecule has 452 valence electrons. The molecular formula is C75H116O6. The van der Waals surface area contributed by atoms with Crippen molar-refractivity contribution in [1.82, 2.24) is 0 Å². The average Bonchev–Trinajstić information content (AvgIpc) is 3.47. The molecule has 0 aliphatic carbocycles. The van der Waals surface area contributed by atoms with Crippen LogP contribution in [-0.2, 0) is 28.6 Å². The van der Waals surface area contributed by atoms with E-state index >= 15 is 0 Å². The van der Waals surface area contributed by atoms with Crippen LogP contribution in [0.1, 0.15) is 252 Å². The minimum absolute atomic E-state index is 0.116. The monoisotopic (exact) mass is 1110 g/mol. The summed E-state index contributed by atoms with van der Waals surface area (Å²) in [6, 6.07) is 0. The lowest BCUT2D eigenvalue weighted by Gasteiger charge is -2.18. The predicted molar refractivity (Wildman–Crippen MR) is 352 cm³/mol. The smallest absolute Gasteiger partial charge is 0.306 e. The Morgan fingerprint density at radius 3 is 0.802 bits per heavy atom. The molecule has 0 aromatic rings. The maximum Gasteiger partial charge on any atom is 0.306 e. The third-order valence-corrected chi connectivity index (χ3v) is 12.9. The summed E-state index contributed by atoms with van der Waals surface area (Å²) in [4.78, 5) is 38.2. The van der Waals surface area contributed by atoms with Crippen molar-refractivity contribution in [3.63, 3.8) is 0 Å². The van der Waals surface area contributed by atoms with Crippen molar-refractivity contribution in [2.75, 3.05) is 13.2 Å². The maximum atomic E-state index is 12.8. The molecule has 0 aliphatic heterocycles. The number of unbranched alkanes of at least 4 members (excludes halogenated alkanes) is 15. The first-order valence-corrected chi connectivity index (χ1v) is 32.3. The molecule has 0 amide bonds. The van der Waals surface area contributed by atoms with Gasteiger partial charge in [-0.15, -0.1) is 0 Å². The SMILES string of the molecule is CC/C=C\C/C=C\C/C=C\C/C=C\C/C=C\C/C=C\C/C=C\C/C=C\C/C=C\CCCCCCCCCC(=O)OCC(COC(=O)CCCCCCC/C=C\CCCC)OC(=O)CCC/C=C\C/C=C\C/C=C\C/C=C\C/C=C\CC. The van der Waals surface area contributed by atoms with Crippen molar-refractivity contribution >= 4 is 17.9 Å². The van der Waals surface area contributed by atoms with Gasteiger partial charge in [0.2, 0.25) is 0 Å². The molecular weight excluding hydrogens is 997 g/mol. The molecule has 6 heteroatoms. The number of carbonyl (C=O) groups excluding carboxylic acids is 3. The van der Waals surface area contributed by atoms with E-state index in [1.165, 1.54) is 44.9 Å². The first kappa shape index (κ1) is 75.5. The molecule has 0 saturated carbocycles. The number of carbonyl (C=O) groups is 3. The van der Waals surface area contributed by atoms with E-state index in [9.17, 15) is 14.4 Å². The van der Waals surface area contributed by atoms with Crippen molar-refractivity contribution in [1.29, 1.82) is 0 Å². The van der Waals surface area contributed by atoms with Crippen molar-refractivity contribution in [3.05, 3.63) is 182 Å². The van der Waals surface area contributed by atoms with Crippen molar-refractivity contribution in [2.45, 2.75) is 258 Å². The molecule has 81 heavy (non-hydrogen) atoms. The summed E-state index contributed by atoms with van der Waals surface area (Å²) in [5.41, 5.74) is 0. The van der Waals surface area contributed by atoms with Crippen molar-refractivity contribution < 1.29 is 28.6 Å². The van der Waals surface area contributed by atoms with Crippen LogP contribution in [0.5, 0.6) is 0 Å². The predicted octanol–water partition coefficient (Wildman–Crippen LogP) is 22.4. The summed E-state index contributed by atoms with van der Waals surface area (Å²) in [6.07, 6.45) is 101. The normalized spacial score (nSPS) is 13.4. The molecule has 1 unspecified atom stereocenters. The number of allylic oxidation sites excluding steroid dienone is 30. The molecule has 0 spiro atoms. The number of hydrogen-bond acceptors (Lipinski definition) is 6. The van der Waals surface area contributed by atoms with Gasteiger partial charge < -0.3 is 14.2 Å². The van der Waals surface area contributed by atoms with Crippen LogP contribution in [0.25, 0.3) is 0 Å². The van der Waals surface area contributed by atoms with Gasteiger partial charge in [0.25, 0.3) is 0 Å². The summed E-state index contributed by atoms with van der Waals surface area (Å²) in [5, 5.41) is 0. The maximum absolute atomic E-state index is 12.8. The van der Waals surface area contributed by atoms with E-state index in [0.29, 0.717) is 19.3 Å². The summed E-state index contributed by atoms with van der Waals surface area (Å²) in [6.45, 7) is 6.29. The van der Waals surface area contributed by atoms with Gasteiger partial charge in [0, 0.05) is 19.3 Å². The van der Waals surface area contributed by atoms with Crippen LogP contribution in [0.3, 0.4) is 0 Å². The third-order valence-electron chi connectivity index (χ3n) is 12.9. The van der Waals surface area contributed by atoms with Crippen molar-refractivity contribution in [3.8, 4) is 0 Å². The number of esters is 3. The summed E-state index contributed by atoms with van der Waals surface area (Å²) in [5.74, 6) is -1.00. The van der Waals surface area contributed by atoms with E-state index in [1.807, 2.05) is 0 Å². The largest absolute Gasteiger partial charge is 0.462 e. The topological polar surface area (TPSA) is 78.9 Å². The van der Waals surface area contributed by atoms with Crippen LogP contribution in [0, 0.1) is 0 Å². The fraction of sp³-hybridized carbons (Fsp3) is 0.560. The second-order valence-electron chi connectivity index (χ2n) is 20.5. The summed E-state index contributed by atoms with van der Waals surface area (Å²) >= 11 is 0. The zero-order chi connectivity index (χ0) is 58.5. The summed E-state index contributed by atoms with van der Waals surface area (Å²) < 4.78 is 16.8. The highest BCUT2D eigenvalue weighted by Crippen LogP contribution is 2.13. The second-order valence-corrected chi connectivity index (χ2v) is 20.5. The Morgan fingerprint density at radius 2 is 0.494 bits per heavy atom. The van der Waals surface area contributed by atoms with Crippen molar-refractivity contribution in [2.24, 2.45) is 0 Å². The molecule has 0 heterocycles. The molecule has 0 aromatic heterocycles. The molecule has 0 bridgehead atoms. The van der Waals surface area contributed by atoms with Gasteiger partial charge in [0.15, 0.2) is 6.10 Å². The van der Waals surface area contributed by atoms with Gasteiger partial charge in [-0.05, 0) is 148 Å². The van der Waals surface area contributed by atoms with Gasteiger partial charge in [0.05, 0.1) is 0 Å². The lowest BCUT2D eigenvalue weighted by molar-refractivity contribution is -0.167. The first-order chi connectivity index (χ1) is 40.0. The van der Waals surface area contributed by atoms with Gasteiger partial charge in [-0.3, -0.25) is 14.4 Å². The zero-order valence-corrected chi connectivity index (χ0v) is 51.7. The number of rotatable bonds is 56.